The average Bonchev–Trinajstić information content (AvgIpc) is 2.16. The minimum atomic E-state index is 0. The number of hydrogen-bond acceptors (Lipinski definition) is 3. The lowest BCUT2D eigenvalue weighted by atomic mass is 10.2. The van der Waals surface area contributed by atoms with Gasteiger partial charge in [0.2, 0.25) is 0 Å². The smallest absolute Gasteiger partial charge is 0.150 e. The summed E-state index contributed by atoms with van der Waals surface area (Å²) < 4.78 is 9.92. The molecule has 0 aromatic heterocycles. The number of hydrogen-bond donors (Lipinski definition) is 0. The van der Waals surface area contributed by atoms with Crippen molar-refractivity contribution in [3.8, 4) is 11.5 Å². The predicted octanol–water partition coefficient (Wildman–Crippen LogP) is 2.15. The van der Waals surface area contributed by atoms with Crippen molar-refractivity contribution in [1.29, 1.82) is 0 Å². The molecule has 0 radical (unpaired) electrons. The molecule has 0 saturated heterocycles. The lowest BCUT2D eigenvalue weighted by Gasteiger charge is -2.04. The number of aldehydes is 1. The summed E-state index contributed by atoms with van der Waals surface area (Å²) in [5.74, 6) is 1.24. The van der Waals surface area contributed by atoms with E-state index in [0.717, 1.165) is 6.29 Å². The molecule has 3 heteroatoms. The molecule has 0 saturated carbocycles. The molecule has 1 aromatic carbocycles. The SMILES string of the molecule is C.COc1cc(C=O)cc(OC)c1. The van der Waals surface area contributed by atoms with Gasteiger partial charge in [0.25, 0.3) is 0 Å². The summed E-state index contributed by atoms with van der Waals surface area (Å²) in [6.45, 7) is 0. The Morgan fingerprint density at radius 3 is 1.85 bits per heavy atom. The third-order valence-electron chi connectivity index (χ3n) is 1.51. The van der Waals surface area contributed by atoms with Crippen LogP contribution < -0.4 is 9.47 Å². The lowest BCUT2D eigenvalue weighted by molar-refractivity contribution is 0.112. The van der Waals surface area contributed by atoms with Crippen molar-refractivity contribution in [3.05, 3.63) is 23.8 Å². The van der Waals surface area contributed by atoms with Gasteiger partial charge in [0.1, 0.15) is 17.8 Å². The van der Waals surface area contributed by atoms with Crippen LogP contribution in [-0.2, 0) is 0 Å². The van der Waals surface area contributed by atoms with Crippen LogP contribution >= 0.6 is 0 Å². The first-order valence-electron chi connectivity index (χ1n) is 3.48. The van der Waals surface area contributed by atoms with E-state index in [1.165, 1.54) is 0 Å². The minimum absolute atomic E-state index is 0. The quantitative estimate of drug-likeness (QED) is 0.672. The van der Waals surface area contributed by atoms with Gasteiger partial charge in [0.15, 0.2) is 0 Å². The van der Waals surface area contributed by atoms with Gasteiger partial charge in [-0.1, -0.05) is 7.43 Å². The Balaban J connectivity index is 0.00000144. The molecule has 13 heavy (non-hydrogen) atoms. The summed E-state index contributed by atoms with van der Waals surface area (Å²) in [7, 11) is 3.09. The molecule has 0 aliphatic rings. The van der Waals surface area contributed by atoms with Crippen LogP contribution in [0.3, 0.4) is 0 Å². The Hall–Kier alpha value is -1.51. The summed E-state index contributed by atoms with van der Waals surface area (Å²) in [6.07, 6.45) is 0.755. The maximum Gasteiger partial charge on any atom is 0.150 e. The van der Waals surface area contributed by atoms with Crippen LogP contribution in [0.5, 0.6) is 11.5 Å². The van der Waals surface area contributed by atoms with E-state index in [1.807, 2.05) is 0 Å². The lowest BCUT2D eigenvalue weighted by Crippen LogP contribution is -1.89. The average molecular weight is 182 g/mol. The molecule has 0 unspecified atom stereocenters. The molecule has 0 atom stereocenters. The summed E-state index contributed by atoms with van der Waals surface area (Å²) in [6, 6.07) is 5.01. The fourth-order valence-electron chi connectivity index (χ4n) is 0.897. The third-order valence-corrected chi connectivity index (χ3v) is 1.51. The van der Waals surface area contributed by atoms with Crippen LogP contribution in [0, 0.1) is 0 Å². The fraction of sp³-hybridized carbons (Fsp3) is 0.300. The van der Waals surface area contributed by atoms with Gasteiger partial charge >= 0.3 is 0 Å². The first kappa shape index (κ1) is 11.5. The largest absolute Gasteiger partial charge is 0.497 e. The second kappa shape index (κ2) is 5.19. The van der Waals surface area contributed by atoms with Crippen molar-refractivity contribution in [1.82, 2.24) is 0 Å². The van der Waals surface area contributed by atoms with Crippen LogP contribution in [0.4, 0.5) is 0 Å². The number of methoxy groups -OCH3 is 2. The Morgan fingerprint density at radius 1 is 1.08 bits per heavy atom. The zero-order valence-electron chi connectivity index (χ0n) is 7.03. The molecule has 0 heterocycles. The van der Waals surface area contributed by atoms with E-state index in [4.69, 9.17) is 9.47 Å². The van der Waals surface area contributed by atoms with E-state index in [1.54, 1.807) is 32.4 Å². The third kappa shape index (κ3) is 2.78. The molecule has 1 aromatic rings. The first-order chi connectivity index (χ1) is 5.80. The van der Waals surface area contributed by atoms with Crippen LogP contribution in [0.1, 0.15) is 17.8 Å². The summed E-state index contributed by atoms with van der Waals surface area (Å²) in [5.41, 5.74) is 0.547. The number of carbonyl (C=O) groups excluding carboxylic acids is 1. The molecule has 0 aliphatic carbocycles. The van der Waals surface area contributed by atoms with E-state index < -0.39 is 0 Å². The topological polar surface area (TPSA) is 35.5 Å². The molecular weight excluding hydrogens is 168 g/mol. The predicted molar refractivity (Wildman–Crippen MR) is 51.7 cm³/mol. The first-order valence-corrected chi connectivity index (χ1v) is 3.48. The van der Waals surface area contributed by atoms with E-state index in [0.29, 0.717) is 17.1 Å². The van der Waals surface area contributed by atoms with Crippen molar-refractivity contribution in [2.24, 2.45) is 0 Å². The highest BCUT2D eigenvalue weighted by Gasteiger charge is 1.99. The van der Waals surface area contributed by atoms with E-state index in [9.17, 15) is 4.79 Å². The zero-order chi connectivity index (χ0) is 8.97. The normalized spacial score (nSPS) is 8.46. The Kier molecular flexibility index (Phi) is 4.59. The molecule has 0 bridgehead atoms. The molecule has 0 amide bonds. The van der Waals surface area contributed by atoms with E-state index in [-0.39, 0.29) is 7.43 Å². The second-order valence-electron chi connectivity index (χ2n) is 2.26. The Labute approximate surface area is 78.3 Å². The van der Waals surface area contributed by atoms with Gasteiger partial charge in [-0.25, -0.2) is 0 Å². The van der Waals surface area contributed by atoms with Crippen molar-refractivity contribution in [2.45, 2.75) is 7.43 Å². The fourth-order valence-corrected chi connectivity index (χ4v) is 0.897. The van der Waals surface area contributed by atoms with Gasteiger partial charge in [-0.2, -0.15) is 0 Å². The molecule has 0 aliphatic heterocycles. The van der Waals surface area contributed by atoms with E-state index in [2.05, 4.69) is 0 Å². The number of benzene rings is 1. The van der Waals surface area contributed by atoms with Gasteiger partial charge in [0, 0.05) is 11.6 Å². The molecule has 0 fully saturated rings. The van der Waals surface area contributed by atoms with Gasteiger partial charge in [-0.15, -0.1) is 0 Å². The van der Waals surface area contributed by atoms with Crippen LogP contribution in [0.15, 0.2) is 18.2 Å². The number of ether oxygens (including phenoxy) is 2. The Bertz CT molecular complexity index is 259. The van der Waals surface area contributed by atoms with Crippen molar-refractivity contribution in [3.63, 3.8) is 0 Å². The van der Waals surface area contributed by atoms with Crippen LogP contribution in [0.25, 0.3) is 0 Å². The standard InChI is InChI=1S/C9H10O3.CH4/c1-11-8-3-7(6-10)4-9(5-8)12-2;/h3-6H,1-2H3;1H4. The van der Waals surface area contributed by atoms with Gasteiger partial charge in [-0.05, 0) is 12.1 Å². The number of carbonyl (C=O) groups is 1. The summed E-state index contributed by atoms with van der Waals surface area (Å²) in [5, 5.41) is 0. The van der Waals surface area contributed by atoms with Gasteiger partial charge in [-0.3, -0.25) is 4.79 Å². The molecule has 1 rings (SSSR count). The second-order valence-corrected chi connectivity index (χ2v) is 2.26. The minimum Gasteiger partial charge on any atom is -0.497 e. The molecular formula is C10H14O3. The highest BCUT2D eigenvalue weighted by Crippen LogP contribution is 2.21. The van der Waals surface area contributed by atoms with Crippen LogP contribution in [0.2, 0.25) is 0 Å². The number of rotatable bonds is 3. The summed E-state index contributed by atoms with van der Waals surface area (Å²) >= 11 is 0. The monoisotopic (exact) mass is 182 g/mol. The maximum atomic E-state index is 10.4. The van der Waals surface area contributed by atoms with Crippen LogP contribution in [-0.4, -0.2) is 20.5 Å². The molecule has 3 nitrogen and oxygen atoms in total. The zero-order valence-corrected chi connectivity index (χ0v) is 7.03. The van der Waals surface area contributed by atoms with E-state index >= 15 is 0 Å². The summed E-state index contributed by atoms with van der Waals surface area (Å²) in [4.78, 5) is 10.4. The van der Waals surface area contributed by atoms with Crippen molar-refractivity contribution < 1.29 is 14.3 Å². The van der Waals surface area contributed by atoms with Crippen molar-refractivity contribution >= 4 is 6.29 Å². The molecule has 0 spiro atoms. The molecule has 72 valence electrons. The Morgan fingerprint density at radius 2 is 1.54 bits per heavy atom. The highest BCUT2D eigenvalue weighted by molar-refractivity contribution is 5.76. The van der Waals surface area contributed by atoms with Crippen molar-refractivity contribution in [2.75, 3.05) is 14.2 Å². The highest BCUT2D eigenvalue weighted by atomic mass is 16.5. The molecule has 0 N–H and O–H groups in total. The van der Waals surface area contributed by atoms with Gasteiger partial charge in [0.05, 0.1) is 14.2 Å². The maximum absolute atomic E-state index is 10.4. The van der Waals surface area contributed by atoms with Gasteiger partial charge < -0.3 is 9.47 Å².